The van der Waals surface area contributed by atoms with Crippen LogP contribution in [-0.4, -0.2) is 29.7 Å². The Balaban J connectivity index is 1.93. The molecule has 0 spiro atoms. The fraction of sp³-hybridized carbons (Fsp3) is 0.429. The molecule has 19 heavy (non-hydrogen) atoms. The van der Waals surface area contributed by atoms with Crippen LogP contribution in [0.1, 0.15) is 25.5 Å². The minimum atomic E-state index is -0.0828. The quantitative estimate of drug-likeness (QED) is 0.900. The van der Waals surface area contributed by atoms with Crippen molar-refractivity contribution in [2.75, 3.05) is 13.6 Å². The maximum Gasteiger partial charge on any atom is 0.317 e. The Bertz CT molecular complexity index is 550. The molecule has 1 aromatic carbocycles. The molecule has 0 unspecified atom stereocenters. The van der Waals surface area contributed by atoms with Crippen molar-refractivity contribution in [2.24, 2.45) is 0 Å². The molecule has 2 rings (SSSR count). The summed E-state index contributed by atoms with van der Waals surface area (Å²) >= 11 is 0. The fourth-order valence-electron chi connectivity index (χ4n) is 1.86. The number of carbonyl (C=O) groups excluding carboxylic acids is 1. The first-order valence-electron chi connectivity index (χ1n) is 6.54. The van der Waals surface area contributed by atoms with Crippen molar-refractivity contribution in [1.82, 2.24) is 15.4 Å². The fourth-order valence-corrected chi connectivity index (χ4v) is 1.86. The van der Waals surface area contributed by atoms with Crippen molar-refractivity contribution >= 4 is 17.0 Å². The lowest BCUT2D eigenvalue weighted by Crippen LogP contribution is -2.37. The van der Waals surface area contributed by atoms with E-state index in [1.807, 2.05) is 24.3 Å². The number of nitrogens with zero attached hydrogens (tertiary/aromatic N) is 2. The van der Waals surface area contributed by atoms with Crippen LogP contribution in [0.15, 0.2) is 28.8 Å². The van der Waals surface area contributed by atoms with Gasteiger partial charge in [-0.05, 0) is 18.6 Å². The van der Waals surface area contributed by atoms with Gasteiger partial charge in [0.15, 0.2) is 5.58 Å². The van der Waals surface area contributed by atoms with E-state index in [9.17, 15) is 4.79 Å². The molecule has 1 aromatic heterocycles. The number of rotatable bonds is 5. The molecule has 102 valence electrons. The third-order valence-corrected chi connectivity index (χ3v) is 3.05. The molecule has 0 fully saturated rings. The smallest absolute Gasteiger partial charge is 0.317 e. The molecule has 0 aliphatic carbocycles. The summed E-state index contributed by atoms with van der Waals surface area (Å²) in [4.78, 5) is 13.5. The summed E-state index contributed by atoms with van der Waals surface area (Å²) in [6, 6.07) is 7.54. The van der Waals surface area contributed by atoms with Crippen LogP contribution >= 0.6 is 0 Å². The highest BCUT2D eigenvalue weighted by Gasteiger charge is 2.11. The van der Waals surface area contributed by atoms with Crippen molar-refractivity contribution < 1.29 is 9.32 Å². The lowest BCUT2D eigenvalue weighted by molar-refractivity contribution is 0.207. The molecule has 0 aliphatic rings. The van der Waals surface area contributed by atoms with Gasteiger partial charge < -0.3 is 14.7 Å². The minimum Gasteiger partial charge on any atom is -0.356 e. The van der Waals surface area contributed by atoms with E-state index >= 15 is 0 Å². The number of nitrogens with one attached hydrogen (secondary N) is 1. The van der Waals surface area contributed by atoms with E-state index < -0.39 is 0 Å². The monoisotopic (exact) mass is 261 g/mol. The molecule has 1 heterocycles. The van der Waals surface area contributed by atoms with E-state index in [1.54, 1.807) is 11.9 Å². The second-order valence-corrected chi connectivity index (χ2v) is 4.56. The average Bonchev–Trinajstić information content (AvgIpc) is 2.85. The molecule has 0 radical (unpaired) electrons. The molecule has 5 heteroatoms. The number of fused-ring (bicyclic) bond motifs is 1. The number of urea groups is 1. The van der Waals surface area contributed by atoms with Crippen LogP contribution in [0.2, 0.25) is 0 Å². The van der Waals surface area contributed by atoms with Crippen molar-refractivity contribution in [3.63, 3.8) is 0 Å². The second kappa shape index (κ2) is 6.22. The van der Waals surface area contributed by atoms with Gasteiger partial charge >= 0.3 is 6.03 Å². The number of hydrogen-bond acceptors (Lipinski definition) is 3. The van der Waals surface area contributed by atoms with Gasteiger partial charge in [0, 0.05) is 19.0 Å². The van der Waals surface area contributed by atoms with E-state index in [-0.39, 0.29) is 6.03 Å². The highest BCUT2D eigenvalue weighted by atomic mass is 16.5. The van der Waals surface area contributed by atoms with Gasteiger partial charge in [-0.2, -0.15) is 0 Å². The molecule has 5 nitrogen and oxygen atoms in total. The van der Waals surface area contributed by atoms with Crippen LogP contribution in [0.5, 0.6) is 0 Å². The highest BCUT2D eigenvalue weighted by molar-refractivity contribution is 5.80. The molecule has 0 bridgehead atoms. The van der Waals surface area contributed by atoms with Gasteiger partial charge in [0.1, 0.15) is 5.69 Å². The van der Waals surface area contributed by atoms with Crippen molar-refractivity contribution in [3.8, 4) is 0 Å². The Morgan fingerprint density at radius 2 is 2.21 bits per heavy atom. The summed E-state index contributed by atoms with van der Waals surface area (Å²) in [5.41, 5.74) is 1.50. The highest BCUT2D eigenvalue weighted by Crippen LogP contribution is 2.17. The zero-order chi connectivity index (χ0) is 13.7. The van der Waals surface area contributed by atoms with Crippen LogP contribution in [0.3, 0.4) is 0 Å². The molecule has 0 saturated heterocycles. The number of amides is 2. The largest absolute Gasteiger partial charge is 0.356 e. The summed E-state index contributed by atoms with van der Waals surface area (Å²) in [7, 11) is 1.80. The van der Waals surface area contributed by atoms with E-state index in [2.05, 4.69) is 17.4 Å². The number of aromatic nitrogens is 1. The average molecular weight is 261 g/mol. The Hall–Kier alpha value is -2.04. The van der Waals surface area contributed by atoms with Gasteiger partial charge in [-0.25, -0.2) is 4.79 Å². The Morgan fingerprint density at radius 1 is 1.42 bits per heavy atom. The van der Waals surface area contributed by atoms with Gasteiger partial charge in [-0.1, -0.05) is 30.6 Å². The SMILES string of the molecule is CCCCN(C)C(=O)NCc1noc2ccccc12. The Labute approximate surface area is 112 Å². The lowest BCUT2D eigenvalue weighted by Gasteiger charge is -2.16. The second-order valence-electron chi connectivity index (χ2n) is 4.56. The molecular weight excluding hydrogens is 242 g/mol. The van der Waals surface area contributed by atoms with Gasteiger partial charge in [0.2, 0.25) is 0 Å². The maximum atomic E-state index is 11.8. The number of para-hydroxylation sites is 1. The van der Waals surface area contributed by atoms with Crippen LogP contribution in [0, 0.1) is 0 Å². The topological polar surface area (TPSA) is 58.4 Å². The lowest BCUT2D eigenvalue weighted by atomic mass is 10.2. The number of unbranched alkanes of at least 4 members (excludes halogenated alkanes) is 1. The maximum absolute atomic E-state index is 11.8. The van der Waals surface area contributed by atoms with Gasteiger partial charge in [0.05, 0.1) is 6.54 Å². The molecular formula is C14H19N3O2. The molecule has 2 aromatic rings. The zero-order valence-corrected chi connectivity index (χ0v) is 11.3. The van der Waals surface area contributed by atoms with Crippen molar-refractivity contribution in [2.45, 2.75) is 26.3 Å². The van der Waals surface area contributed by atoms with Crippen LogP contribution in [0.4, 0.5) is 4.79 Å². The van der Waals surface area contributed by atoms with Gasteiger partial charge in [-0.15, -0.1) is 0 Å². The predicted octanol–water partition coefficient (Wildman–Crippen LogP) is 2.77. The Morgan fingerprint density at radius 3 is 3.00 bits per heavy atom. The summed E-state index contributed by atoms with van der Waals surface area (Å²) in [6.45, 7) is 3.25. The van der Waals surface area contributed by atoms with E-state index in [0.717, 1.165) is 36.0 Å². The minimum absolute atomic E-state index is 0.0828. The van der Waals surface area contributed by atoms with Gasteiger partial charge in [-0.3, -0.25) is 0 Å². The molecule has 0 atom stereocenters. The van der Waals surface area contributed by atoms with Crippen molar-refractivity contribution in [1.29, 1.82) is 0 Å². The predicted molar refractivity (Wildman–Crippen MR) is 73.8 cm³/mol. The standard InChI is InChI=1S/C14H19N3O2/c1-3-4-9-17(2)14(18)15-10-12-11-7-5-6-8-13(11)19-16-12/h5-8H,3-4,9-10H2,1-2H3,(H,15,18). The summed E-state index contributed by atoms with van der Waals surface area (Å²) in [5, 5.41) is 7.77. The number of hydrogen-bond donors (Lipinski definition) is 1. The van der Waals surface area contributed by atoms with E-state index in [0.29, 0.717) is 6.54 Å². The molecule has 0 aliphatic heterocycles. The third kappa shape index (κ3) is 3.24. The molecule has 0 saturated carbocycles. The third-order valence-electron chi connectivity index (χ3n) is 3.05. The number of carbonyl (C=O) groups is 1. The van der Waals surface area contributed by atoms with E-state index in [1.165, 1.54) is 0 Å². The first-order valence-corrected chi connectivity index (χ1v) is 6.54. The number of benzene rings is 1. The first kappa shape index (κ1) is 13.4. The summed E-state index contributed by atoms with van der Waals surface area (Å²) in [6.07, 6.45) is 2.09. The molecule has 1 N–H and O–H groups in total. The first-order chi connectivity index (χ1) is 9.22. The van der Waals surface area contributed by atoms with Gasteiger partial charge in [0.25, 0.3) is 0 Å². The van der Waals surface area contributed by atoms with Crippen LogP contribution in [0.25, 0.3) is 11.0 Å². The normalized spacial score (nSPS) is 10.6. The zero-order valence-electron chi connectivity index (χ0n) is 11.3. The summed E-state index contributed by atoms with van der Waals surface area (Å²) in [5.74, 6) is 0. The van der Waals surface area contributed by atoms with Crippen molar-refractivity contribution in [3.05, 3.63) is 30.0 Å². The summed E-state index contributed by atoms with van der Waals surface area (Å²) < 4.78 is 5.19. The van der Waals surface area contributed by atoms with E-state index in [4.69, 9.17) is 4.52 Å². The van der Waals surface area contributed by atoms with Crippen LogP contribution < -0.4 is 5.32 Å². The Kier molecular flexibility index (Phi) is 4.39. The molecule has 2 amide bonds. The van der Waals surface area contributed by atoms with Crippen LogP contribution in [-0.2, 0) is 6.54 Å².